The van der Waals surface area contributed by atoms with Crippen molar-refractivity contribution in [2.24, 2.45) is 0 Å². The maximum Gasteiger partial charge on any atom is 0.316 e. The molecule has 2 aromatic rings. The van der Waals surface area contributed by atoms with E-state index in [4.69, 9.17) is 4.74 Å². The van der Waals surface area contributed by atoms with Gasteiger partial charge in [-0.05, 0) is 17.5 Å². The average molecular weight is 286 g/mol. The Hall–Kier alpha value is -2.04. The van der Waals surface area contributed by atoms with Gasteiger partial charge in [-0.25, -0.2) is 15.0 Å². The molecule has 2 aromatic heterocycles. The van der Waals surface area contributed by atoms with Crippen LogP contribution in [0.1, 0.15) is 50.7 Å². The van der Waals surface area contributed by atoms with Crippen molar-refractivity contribution < 1.29 is 4.74 Å². The number of ether oxygens (including phenoxy) is 1. The number of hydrogen-bond donors (Lipinski definition) is 0. The topological polar surface area (TPSA) is 60.8 Å². The summed E-state index contributed by atoms with van der Waals surface area (Å²) in [5.41, 5.74) is 1.89. The van der Waals surface area contributed by atoms with Crippen LogP contribution in [0, 0.1) is 0 Å². The largest absolute Gasteiger partial charge is 0.467 e. The Labute approximate surface area is 125 Å². The fourth-order valence-corrected chi connectivity index (χ4v) is 2.06. The third-order valence-corrected chi connectivity index (χ3v) is 3.50. The second-order valence-electron chi connectivity index (χ2n) is 6.08. The highest BCUT2D eigenvalue weighted by Crippen LogP contribution is 2.25. The molecule has 2 heterocycles. The molecule has 0 spiro atoms. The Bertz CT molecular complexity index is 593. The normalized spacial score (nSPS) is 11.7. The summed E-state index contributed by atoms with van der Waals surface area (Å²) >= 11 is 0. The van der Waals surface area contributed by atoms with Gasteiger partial charge in [0, 0.05) is 30.4 Å². The first-order valence-electron chi connectivity index (χ1n) is 7.10. The molecule has 2 rings (SSSR count). The summed E-state index contributed by atoms with van der Waals surface area (Å²) in [4.78, 5) is 17.4. The first-order chi connectivity index (χ1) is 9.92. The molecule has 0 saturated heterocycles. The highest BCUT2D eigenvalue weighted by molar-refractivity contribution is 5.18. The van der Waals surface area contributed by atoms with E-state index in [9.17, 15) is 0 Å². The van der Waals surface area contributed by atoms with E-state index in [0.29, 0.717) is 18.3 Å². The van der Waals surface area contributed by atoms with Crippen molar-refractivity contribution in [1.29, 1.82) is 0 Å². The Balaban J connectivity index is 2.19. The second kappa shape index (κ2) is 6.16. The SMILES string of the molecule is COc1nccc(C(C)(C)Cc2ncc(C(C)C)cn2)n1. The van der Waals surface area contributed by atoms with Gasteiger partial charge in [0.05, 0.1) is 12.8 Å². The molecule has 0 radical (unpaired) electrons. The molecule has 112 valence electrons. The molecule has 0 aliphatic rings. The summed E-state index contributed by atoms with van der Waals surface area (Å²) < 4.78 is 5.09. The van der Waals surface area contributed by atoms with Gasteiger partial charge in [-0.1, -0.05) is 27.7 Å². The van der Waals surface area contributed by atoms with Gasteiger partial charge < -0.3 is 4.74 Å². The minimum atomic E-state index is -0.185. The van der Waals surface area contributed by atoms with E-state index < -0.39 is 0 Å². The van der Waals surface area contributed by atoms with Crippen molar-refractivity contribution >= 4 is 0 Å². The van der Waals surface area contributed by atoms with E-state index >= 15 is 0 Å². The van der Waals surface area contributed by atoms with E-state index in [0.717, 1.165) is 17.1 Å². The predicted octanol–water partition coefficient (Wildman–Crippen LogP) is 2.92. The lowest BCUT2D eigenvalue weighted by Crippen LogP contribution is -2.23. The number of nitrogens with zero attached hydrogens (tertiary/aromatic N) is 4. The lowest BCUT2D eigenvalue weighted by atomic mass is 9.85. The molecule has 5 heteroatoms. The minimum absolute atomic E-state index is 0.185. The fraction of sp³-hybridized carbons (Fsp3) is 0.500. The fourth-order valence-electron chi connectivity index (χ4n) is 2.06. The van der Waals surface area contributed by atoms with Crippen molar-refractivity contribution in [2.45, 2.75) is 45.4 Å². The van der Waals surface area contributed by atoms with E-state index in [-0.39, 0.29) is 5.41 Å². The van der Waals surface area contributed by atoms with Crippen molar-refractivity contribution in [1.82, 2.24) is 19.9 Å². The molecule has 0 saturated carbocycles. The molecule has 0 amide bonds. The first-order valence-corrected chi connectivity index (χ1v) is 7.10. The molecule has 5 nitrogen and oxygen atoms in total. The third-order valence-electron chi connectivity index (χ3n) is 3.50. The molecule has 0 aliphatic carbocycles. The van der Waals surface area contributed by atoms with Crippen molar-refractivity contribution in [3.8, 4) is 6.01 Å². The number of methoxy groups -OCH3 is 1. The minimum Gasteiger partial charge on any atom is -0.467 e. The number of hydrogen-bond acceptors (Lipinski definition) is 5. The van der Waals surface area contributed by atoms with Crippen LogP contribution in [0.25, 0.3) is 0 Å². The van der Waals surface area contributed by atoms with Crippen LogP contribution in [0.3, 0.4) is 0 Å². The lowest BCUT2D eigenvalue weighted by Gasteiger charge is -2.23. The van der Waals surface area contributed by atoms with Crippen LogP contribution in [0.5, 0.6) is 6.01 Å². The van der Waals surface area contributed by atoms with Crippen LogP contribution in [-0.2, 0) is 11.8 Å². The Morgan fingerprint density at radius 2 is 1.81 bits per heavy atom. The van der Waals surface area contributed by atoms with Gasteiger partial charge in [-0.2, -0.15) is 4.98 Å². The highest BCUT2D eigenvalue weighted by atomic mass is 16.5. The summed E-state index contributed by atoms with van der Waals surface area (Å²) in [5, 5.41) is 0. The lowest BCUT2D eigenvalue weighted by molar-refractivity contribution is 0.371. The van der Waals surface area contributed by atoms with Crippen molar-refractivity contribution in [3.05, 3.63) is 41.7 Å². The van der Waals surface area contributed by atoms with E-state index in [1.807, 2.05) is 18.5 Å². The van der Waals surface area contributed by atoms with Gasteiger partial charge in [0.25, 0.3) is 0 Å². The number of rotatable bonds is 5. The standard InChI is InChI=1S/C16H22N4O/c1-11(2)12-9-18-14(19-10-12)8-16(3,4)13-6-7-17-15(20-13)21-5/h6-7,9-11H,8H2,1-5H3. The molecule has 0 unspecified atom stereocenters. The van der Waals surface area contributed by atoms with Gasteiger partial charge >= 0.3 is 6.01 Å². The van der Waals surface area contributed by atoms with Crippen LogP contribution in [-0.4, -0.2) is 27.0 Å². The molecule has 0 N–H and O–H groups in total. The predicted molar refractivity (Wildman–Crippen MR) is 81.4 cm³/mol. The van der Waals surface area contributed by atoms with Gasteiger partial charge in [-0.15, -0.1) is 0 Å². The van der Waals surface area contributed by atoms with Crippen molar-refractivity contribution in [3.63, 3.8) is 0 Å². The van der Waals surface area contributed by atoms with Crippen LogP contribution in [0.2, 0.25) is 0 Å². The van der Waals surface area contributed by atoms with Gasteiger partial charge in [0.15, 0.2) is 0 Å². The maximum absolute atomic E-state index is 5.09. The third kappa shape index (κ3) is 3.74. The van der Waals surface area contributed by atoms with E-state index in [1.54, 1.807) is 13.3 Å². The quantitative estimate of drug-likeness (QED) is 0.845. The molecular weight excluding hydrogens is 264 g/mol. The zero-order valence-corrected chi connectivity index (χ0v) is 13.3. The molecule has 21 heavy (non-hydrogen) atoms. The summed E-state index contributed by atoms with van der Waals surface area (Å²) in [5.74, 6) is 1.26. The Morgan fingerprint density at radius 1 is 1.14 bits per heavy atom. The first kappa shape index (κ1) is 15.4. The second-order valence-corrected chi connectivity index (χ2v) is 6.08. The molecule has 0 aliphatic heterocycles. The zero-order chi connectivity index (χ0) is 15.5. The Kier molecular flexibility index (Phi) is 4.50. The zero-order valence-electron chi connectivity index (χ0n) is 13.3. The molecule has 0 bridgehead atoms. The van der Waals surface area contributed by atoms with Crippen LogP contribution >= 0.6 is 0 Å². The smallest absolute Gasteiger partial charge is 0.316 e. The summed E-state index contributed by atoms with van der Waals surface area (Å²) in [6.45, 7) is 8.51. The number of aromatic nitrogens is 4. The molecule has 0 fully saturated rings. The molecule has 0 aromatic carbocycles. The van der Waals surface area contributed by atoms with E-state index in [1.165, 1.54) is 0 Å². The van der Waals surface area contributed by atoms with Crippen molar-refractivity contribution in [2.75, 3.05) is 7.11 Å². The summed E-state index contributed by atoms with van der Waals surface area (Å²) in [6.07, 6.45) is 6.24. The summed E-state index contributed by atoms with van der Waals surface area (Å²) in [6, 6.07) is 2.29. The monoisotopic (exact) mass is 286 g/mol. The maximum atomic E-state index is 5.09. The van der Waals surface area contributed by atoms with Gasteiger partial charge in [-0.3, -0.25) is 0 Å². The average Bonchev–Trinajstić information content (AvgIpc) is 2.47. The Morgan fingerprint density at radius 3 is 2.38 bits per heavy atom. The molecule has 0 atom stereocenters. The van der Waals surface area contributed by atoms with Crippen LogP contribution in [0.4, 0.5) is 0 Å². The van der Waals surface area contributed by atoms with Crippen LogP contribution < -0.4 is 4.74 Å². The van der Waals surface area contributed by atoms with E-state index in [2.05, 4.69) is 47.6 Å². The van der Waals surface area contributed by atoms with Gasteiger partial charge in [0.2, 0.25) is 0 Å². The molecular formula is C16H22N4O. The van der Waals surface area contributed by atoms with Gasteiger partial charge in [0.1, 0.15) is 5.82 Å². The summed E-state index contributed by atoms with van der Waals surface area (Å²) in [7, 11) is 1.57. The van der Waals surface area contributed by atoms with Crippen LogP contribution in [0.15, 0.2) is 24.7 Å². The highest BCUT2D eigenvalue weighted by Gasteiger charge is 2.25.